The van der Waals surface area contributed by atoms with Gasteiger partial charge < -0.3 is 30.4 Å². The zero-order chi connectivity index (χ0) is 33.0. The Bertz CT molecular complexity index is 1830. The number of aromatic amines is 1. The van der Waals surface area contributed by atoms with Crippen molar-refractivity contribution in [1.82, 2.24) is 30.2 Å². The van der Waals surface area contributed by atoms with Crippen LogP contribution in [0, 0.1) is 17.8 Å². The van der Waals surface area contributed by atoms with E-state index in [0.29, 0.717) is 50.2 Å². The summed E-state index contributed by atoms with van der Waals surface area (Å²) in [7, 11) is 1.84. The third kappa shape index (κ3) is 6.34. The van der Waals surface area contributed by atoms with E-state index in [1.54, 1.807) is 18.2 Å². The van der Waals surface area contributed by atoms with Gasteiger partial charge >= 0.3 is 6.18 Å². The van der Waals surface area contributed by atoms with Crippen molar-refractivity contribution < 1.29 is 22.8 Å². The molecule has 4 aromatic rings. The number of hydrogen-bond donors (Lipinski definition) is 4. The van der Waals surface area contributed by atoms with Gasteiger partial charge in [-0.15, -0.1) is 0 Å². The summed E-state index contributed by atoms with van der Waals surface area (Å²) in [6.07, 6.45) is 0.477. The maximum atomic E-state index is 13.7. The quantitative estimate of drug-likeness (QED) is 0.166. The van der Waals surface area contributed by atoms with Crippen LogP contribution in [-0.4, -0.2) is 56.6 Å². The van der Waals surface area contributed by atoms with Crippen LogP contribution in [0.1, 0.15) is 58.5 Å². The standard InChI is InChI=1S/C32H33Cl2F3N8O2/c1-44-26-10-25(45-13-17-8-18(17)14-45)21(29(46)41-20-5-3-19(4-6-20)32(35,36)37)9-23(26)42-31(44)43-28-22(33)7-2-16(27(28)34)11-39-30(47)24-12-38-15-40-24/h2,7,9-10,12,15,17-20H,3-6,8,11,13-14H2,1H3,(H,38,40)(H,39,47)(H,41,46)(H,42,43). The first-order valence-electron chi connectivity index (χ1n) is 15.6. The largest absolute Gasteiger partial charge is 0.391 e. The van der Waals surface area contributed by atoms with Gasteiger partial charge in [-0.25, -0.2) is 9.97 Å². The topological polar surface area (TPSA) is 120 Å². The Balaban J connectivity index is 1.14. The molecule has 2 aromatic carbocycles. The summed E-state index contributed by atoms with van der Waals surface area (Å²) in [5.74, 6) is -0.329. The van der Waals surface area contributed by atoms with Gasteiger partial charge in [-0.2, -0.15) is 13.2 Å². The third-order valence-electron chi connectivity index (χ3n) is 9.67. The molecule has 2 saturated carbocycles. The normalized spacial score (nSPS) is 22.3. The van der Waals surface area contributed by atoms with E-state index >= 15 is 0 Å². The molecular formula is C32H33Cl2F3N8O2. The van der Waals surface area contributed by atoms with Gasteiger partial charge in [0, 0.05) is 38.9 Å². The van der Waals surface area contributed by atoms with Gasteiger partial charge in [0.15, 0.2) is 0 Å². The number of H-pyrrole nitrogens is 1. The van der Waals surface area contributed by atoms with Crippen molar-refractivity contribution in [2.75, 3.05) is 23.3 Å². The molecule has 0 bridgehead atoms. The number of carbonyl (C=O) groups excluding carboxylic acids is 2. The van der Waals surface area contributed by atoms with Crippen LogP contribution in [0.4, 0.5) is 30.5 Å². The fourth-order valence-electron chi connectivity index (χ4n) is 6.81. The molecule has 10 nitrogen and oxygen atoms in total. The second kappa shape index (κ2) is 12.2. The molecule has 1 saturated heterocycles. The minimum Gasteiger partial charge on any atom is -0.370 e. The predicted molar refractivity (Wildman–Crippen MR) is 173 cm³/mol. The van der Waals surface area contributed by atoms with Crippen molar-refractivity contribution in [3.05, 3.63) is 63.7 Å². The molecule has 2 amide bonds. The van der Waals surface area contributed by atoms with Crippen molar-refractivity contribution in [2.24, 2.45) is 24.8 Å². The lowest BCUT2D eigenvalue weighted by molar-refractivity contribution is -0.182. The Morgan fingerprint density at radius 1 is 1.06 bits per heavy atom. The maximum Gasteiger partial charge on any atom is 0.391 e. The number of imidazole rings is 2. The van der Waals surface area contributed by atoms with Crippen molar-refractivity contribution in [1.29, 1.82) is 0 Å². The lowest BCUT2D eigenvalue weighted by Gasteiger charge is -2.31. The molecule has 248 valence electrons. The molecule has 2 aromatic heterocycles. The maximum absolute atomic E-state index is 13.7. The number of halogens is 5. The fraction of sp³-hybridized carbons (Fsp3) is 0.438. The van der Waals surface area contributed by atoms with Crippen molar-refractivity contribution in [3.63, 3.8) is 0 Å². The number of nitrogens with zero attached hydrogens (tertiary/aromatic N) is 4. The Morgan fingerprint density at radius 2 is 1.81 bits per heavy atom. The molecule has 0 spiro atoms. The van der Waals surface area contributed by atoms with Crippen molar-refractivity contribution in [2.45, 2.75) is 50.9 Å². The number of alkyl halides is 3. The van der Waals surface area contributed by atoms with Gasteiger partial charge in [0.2, 0.25) is 5.95 Å². The number of hydrogen-bond acceptors (Lipinski definition) is 6. The second-order valence-corrected chi connectivity index (χ2v) is 13.5. The number of fused-ring (bicyclic) bond motifs is 2. The van der Waals surface area contributed by atoms with Crippen LogP contribution in [0.15, 0.2) is 36.8 Å². The molecule has 3 heterocycles. The molecule has 15 heteroatoms. The number of carbonyl (C=O) groups is 2. The zero-order valence-electron chi connectivity index (χ0n) is 25.4. The van der Waals surface area contributed by atoms with Crippen LogP contribution in [0.5, 0.6) is 0 Å². The Morgan fingerprint density at radius 3 is 2.49 bits per heavy atom. The van der Waals surface area contributed by atoms with Crippen LogP contribution in [-0.2, 0) is 13.6 Å². The van der Waals surface area contributed by atoms with Crippen molar-refractivity contribution >= 4 is 63.4 Å². The molecule has 2 aliphatic carbocycles. The molecule has 2 atom stereocenters. The van der Waals surface area contributed by atoms with Crippen LogP contribution in [0.3, 0.4) is 0 Å². The number of aryl methyl sites for hydroxylation is 1. The lowest BCUT2D eigenvalue weighted by Crippen LogP contribution is -2.40. The number of nitrogens with one attached hydrogen (secondary N) is 4. The number of anilines is 3. The lowest BCUT2D eigenvalue weighted by atomic mass is 9.85. The molecule has 0 radical (unpaired) electrons. The first-order chi connectivity index (χ1) is 22.5. The molecule has 7 rings (SSSR count). The fourth-order valence-corrected chi connectivity index (χ4v) is 7.35. The number of benzene rings is 2. The Hall–Kier alpha value is -3.97. The predicted octanol–water partition coefficient (Wildman–Crippen LogP) is 6.58. The Labute approximate surface area is 278 Å². The highest BCUT2D eigenvalue weighted by Crippen LogP contribution is 2.47. The van der Waals surface area contributed by atoms with Gasteiger partial charge in [-0.05, 0) is 67.7 Å². The monoisotopic (exact) mass is 688 g/mol. The summed E-state index contributed by atoms with van der Waals surface area (Å²) in [4.78, 5) is 39.8. The van der Waals surface area contributed by atoms with E-state index < -0.39 is 12.1 Å². The Kier molecular flexibility index (Phi) is 8.23. The van der Waals surface area contributed by atoms with Gasteiger partial charge in [0.05, 0.1) is 50.3 Å². The van der Waals surface area contributed by atoms with Gasteiger partial charge in [-0.1, -0.05) is 29.3 Å². The van der Waals surface area contributed by atoms with Crippen LogP contribution in [0.2, 0.25) is 10.0 Å². The third-order valence-corrected chi connectivity index (χ3v) is 10.4. The van der Waals surface area contributed by atoms with Crippen LogP contribution in [0.25, 0.3) is 11.0 Å². The van der Waals surface area contributed by atoms with E-state index in [4.69, 9.17) is 28.2 Å². The summed E-state index contributed by atoms with van der Waals surface area (Å²) >= 11 is 13.3. The summed E-state index contributed by atoms with van der Waals surface area (Å²) in [6, 6.07) is 6.79. The number of rotatable bonds is 8. The van der Waals surface area contributed by atoms with E-state index in [1.165, 1.54) is 18.9 Å². The van der Waals surface area contributed by atoms with E-state index in [0.717, 1.165) is 24.3 Å². The van der Waals surface area contributed by atoms with E-state index in [2.05, 4.69) is 30.8 Å². The highest BCUT2D eigenvalue weighted by molar-refractivity contribution is 6.39. The van der Waals surface area contributed by atoms with Gasteiger partial charge in [0.1, 0.15) is 5.69 Å². The molecule has 2 unspecified atom stereocenters. The smallest absolute Gasteiger partial charge is 0.370 e. The van der Waals surface area contributed by atoms with Crippen LogP contribution < -0.4 is 20.9 Å². The molecule has 3 fully saturated rings. The summed E-state index contributed by atoms with van der Waals surface area (Å²) in [6.45, 7) is 1.84. The number of piperidine rings is 1. The van der Waals surface area contributed by atoms with Gasteiger partial charge in [-0.3, -0.25) is 9.59 Å². The average Bonchev–Trinajstić information content (AvgIpc) is 3.38. The minimum absolute atomic E-state index is 0.00784. The van der Waals surface area contributed by atoms with E-state index in [9.17, 15) is 22.8 Å². The molecular weight excluding hydrogens is 656 g/mol. The van der Waals surface area contributed by atoms with E-state index in [1.807, 2.05) is 17.7 Å². The molecule has 4 N–H and O–H groups in total. The highest BCUT2D eigenvalue weighted by atomic mass is 35.5. The molecule has 1 aliphatic heterocycles. The number of aromatic nitrogens is 4. The highest BCUT2D eigenvalue weighted by Gasteiger charge is 2.46. The van der Waals surface area contributed by atoms with Crippen LogP contribution >= 0.6 is 23.2 Å². The van der Waals surface area contributed by atoms with E-state index in [-0.39, 0.29) is 55.8 Å². The summed E-state index contributed by atoms with van der Waals surface area (Å²) in [5.41, 5.74) is 3.85. The summed E-state index contributed by atoms with van der Waals surface area (Å²) in [5, 5.41) is 9.70. The minimum atomic E-state index is -4.21. The van der Waals surface area contributed by atoms with Gasteiger partial charge in [0.25, 0.3) is 11.8 Å². The first-order valence-corrected chi connectivity index (χ1v) is 16.4. The molecule has 47 heavy (non-hydrogen) atoms. The summed E-state index contributed by atoms with van der Waals surface area (Å²) < 4.78 is 41.5. The first kappa shape index (κ1) is 31.6. The zero-order valence-corrected chi connectivity index (χ0v) is 26.9. The molecule has 3 aliphatic rings. The second-order valence-electron chi connectivity index (χ2n) is 12.7. The number of amides is 2. The van der Waals surface area contributed by atoms with Crippen molar-refractivity contribution in [3.8, 4) is 0 Å². The SMILES string of the molecule is Cn1c(Nc2c(Cl)ccc(CNC(=O)c3c[nH]cn3)c2Cl)nc2cc(C(=O)NC3CCC(C(F)(F)F)CC3)c(N3CC4CC4C3)cc21. The average molecular weight is 690 g/mol.